The summed E-state index contributed by atoms with van der Waals surface area (Å²) in [6, 6.07) is 50.5. The molecule has 0 N–H and O–H groups in total. The average Bonchev–Trinajstić information content (AvgIpc) is 3.24. The van der Waals surface area contributed by atoms with Crippen molar-refractivity contribution >= 4 is 10.1 Å². The fourth-order valence-electron chi connectivity index (χ4n) is 8.06. The Morgan fingerprint density at radius 1 is 0.303 bits per heavy atom. The van der Waals surface area contributed by atoms with E-state index in [0.717, 1.165) is 44.5 Å². The first kappa shape index (κ1) is 48.0. The zero-order chi connectivity index (χ0) is 48.2. The Morgan fingerprint density at radius 3 is 0.667 bits per heavy atom. The van der Waals surface area contributed by atoms with Crippen molar-refractivity contribution < 1.29 is 25.8 Å². The summed E-state index contributed by atoms with van der Waals surface area (Å²) in [4.78, 5) is 0. The van der Waals surface area contributed by atoms with Crippen molar-refractivity contribution in [2.45, 2.75) is 110 Å². The van der Waals surface area contributed by atoms with Crippen LogP contribution in [0.2, 0.25) is 0 Å². The van der Waals surface area contributed by atoms with E-state index in [4.69, 9.17) is 4.18 Å². The summed E-state index contributed by atoms with van der Waals surface area (Å²) in [7, 11) is -6.02. The van der Waals surface area contributed by atoms with Crippen molar-refractivity contribution in [1.29, 1.82) is 0 Å². The lowest BCUT2D eigenvalue weighted by atomic mass is 9.84. The summed E-state index contributed by atoms with van der Waals surface area (Å²) in [6.07, 6.45) is 0. The van der Waals surface area contributed by atoms with Gasteiger partial charge in [-0.1, -0.05) is 180 Å². The first-order valence-electron chi connectivity index (χ1n) is 22.5. The molecule has 342 valence electrons. The number of alkyl halides is 3. The van der Waals surface area contributed by atoms with E-state index in [0.29, 0.717) is 22.3 Å². The maximum absolute atomic E-state index is 14.0. The van der Waals surface area contributed by atoms with Crippen LogP contribution in [-0.2, 0) is 31.8 Å². The minimum absolute atomic E-state index is 0.0587. The highest BCUT2D eigenvalue weighted by Crippen LogP contribution is 2.41. The molecule has 0 atom stereocenters. The average molecular weight is 907 g/mol. The zero-order valence-electron chi connectivity index (χ0n) is 40.2. The van der Waals surface area contributed by atoms with Crippen LogP contribution in [0.15, 0.2) is 152 Å². The fraction of sp³-hybridized carbons (Fsp3) is 0.288. The Balaban J connectivity index is 1.47. The van der Waals surface area contributed by atoms with E-state index in [1.807, 2.05) is 30.3 Å². The Bertz CT molecular complexity index is 2640. The number of hydrogen-bond acceptors (Lipinski definition) is 3. The van der Waals surface area contributed by atoms with Crippen LogP contribution >= 0.6 is 0 Å². The van der Waals surface area contributed by atoms with Crippen LogP contribution < -0.4 is 4.18 Å². The molecule has 0 aliphatic heterocycles. The molecule has 66 heavy (non-hydrogen) atoms. The molecular weight excluding hydrogens is 846 g/mol. The molecule has 7 heteroatoms. The molecule has 0 aliphatic rings. The van der Waals surface area contributed by atoms with E-state index in [-0.39, 0.29) is 21.7 Å². The van der Waals surface area contributed by atoms with Crippen molar-refractivity contribution in [2.24, 2.45) is 0 Å². The lowest BCUT2D eigenvalue weighted by molar-refractivity contribution is -0.0500. The van der Waals surface area contributed by atoms with Gasteiger partial charge in [0.15, 0.2) is 0 Å². The molecule has 0 bridgehead atoms. The smallest absolute Gasteiger partial charge is 0.376 e. The van der Waals surface area contributed by atoms with E-state index < -0.39 is 21.4 Å². The van der Waals surface area contributed by atoms with Gasteiger partial charge in [-0.15, -0.1) is 0 Å². The van der Waals surface area contributed by atoms with E-state index in [1.54, 1.807) is 0 Å². The minimum Gasteiger partial charge on any atom is -0.376 e. The molecule has 0 amide bonds. The maximum atomic E-state index is 14.0. The number of hydrogen-bond donors (Lipinski definition) is 0. The maximum Gasteiger partial charge on any atom is 0.534 e. The Kier molecular flexibility index (Phi) is 12.6. The normalized spacial score (nSPS) is 12.9. The van der Waals surface area contributed by atoms with Gasteiger partial charge < -0.3 is 4.18 Å². The predicted molar refractivity (Wildman–Crippen MR) is 269 cm³/mol. The standard InChI is InChI=1S/C59H61F3O3S/c1-55(2,3)50-21-13-38(14-22-50)42-29-43(39-15-23-51(24-16-39)56(4,5)6)32-46(31-42)48-35-49(37-54(36-48)65-66(63,64)59(60,61)62)47-33-44(40-17-25-52(26-18-40)57(7,8)9)30-45(34-47)41-19-27-53(28-20-41)58(10,11)12/h13-37H,1-12H3. The summed E-state index contributed by atoms with van der Waals surface area (Å²) in [5.74, 6) is -0.452. The largest absolute Gasteiger partial charge is 0.534 e. The molecule has 0 spiro atoms. The predicted octanol–water partition coefficient (Wildman–Crippen LogP) is 17.1. The molecule has 0 aliphatic carbocycles. The van der Waals surface area contributed by atoms with Gasteiger partial charge in [-0.2, -0.15) is 21.6 Å². The van der Waals surface area contributed by atoms with Gasteiger partial charge in [-0.05, 0) is 165 Å². The van der Waals surface area contributed by atoms with E-state index >= 15 is 0 Å². The highest BCUT2D eigenvalue weighted by molar-refractivity contribution is 7.88. The number of halogens is 3. The van der Waals surface area contributed by atoms with Crippen LogP contribution in [0.3, 0.4) is 0 Å². The fourth-order valence-corrected chi connectivity index (χ4v) is 8.50. The van der Waals surface area contributed by atoms with Crippen molar-refractivity contribution in [3.05, 3.63) is 174 Å². The molecule has 0 saturated heterocycles. The van der Waals surface area contributed by atoms with Crippen LogP contribution in [0.1, 0.15) is 105 Å². The third kappa shape index (κ3) is 10.8. The third-order valence-corrected chi connectivity index (χ3v) is 13.2. The van der Waals surface area contributed by atoms with Gasteiger partial charge in [-0.25, -0.2) is 0 Å². The third-order valence-electron chi connectivity index (χ3n) is 12.3. The Labute approximate surface area is 390 Å². The van der Waals surface area contributed by atoms with Crippen molar-refractivity contribution in [3.8, 4) is 72.5 Å². The van der Waals surface area contributed by atoms with E-state index in [2.05, 4.69) is 192 Å². The summed E-state index contributed by atoms with van der Waals surface area (Å²) in [5.41, 5.74) is 8.53. The van der Waals surface area contributed by atoms with E-state index in [9.17, 15) is 21.6 Å². The highest BCUT2D eigenvalue weighted by atomic mass is 32.2. The Morgan fingerprint density at radius 2 is 0.485 bits per heavy atom. The van der Waals surface area contributed by atoms with Gasteiger partial charge in [-0.3, -0.25) is 0 Å². The lowest BCUT2D eigenvalue weighted by Gasteiger charge is -2.20. The van der Waals surface area contributed by atoms with Crippen molar-refractivity contribution in [1.82, 2.24) is 0 Å². The second-order valence-electron chi connectivity index (χ2n) is 21.6. The zero-order valence-corrected chi connectivity index (χ0v) is 41.0. The molecule has 7 rings (SSSR count). The highest BCUT2D eigenvalue weighted by Gasteiger charge is 2.48. The van der Waals surface area contributed by atoms with Crippen molar-refractivity contribution in [3.63, 3.8) is 0 Å². The molecule has 0 heterocycles. The van der Waals surface area contributed by atoms with Gasteiger partial charge in [0.2, 0.25) is 0 Å². The summed E-state index contributed by atoms with van der Waals surface area (Å²) >= 11 is 0. The molecular formula is C59H61F3O3S. The molecule has 7 aromatic carbocycles. The van der Waals surface area contributed by atoms with Gasteiger partial charge in [0.25, 0.3) is 0 Å². The summed E-state index contributed by atoms with van der Waals surface area (Å²) in [5, 5.41) is 0. The second kappa shape index (κ2) is 17.4. The second-order valence-corrected chi connectivity index (χ2v) is 23.2. The van der Waals surface area contributed by atoms with Crippen LogP contribution in [0.4, 0.5) is 13.2 Å². The van der Waals surface area contributed by atoms with Crippen LogP contribution in [0, 0.1) is 0 Å². The lowest BCUT2D eigenvalue weighted by Crippen LogP contribution is -2.28. The quantitative estimate of drug-likeness (QED) is 0.113. The van der Waals surface area contributed by atoms with Gasteiger partial charge >= 0.3 is 15.6 Å². The first-order chi connectivity index (χ1) is 30.5. The molecule has 3 nitrogen and oxygen atoms in total. The Hall–Kier alpha value is -5.92. The molecule has 7 aromatic rings. The monoisotopic (exact) mass is 906 g/mol. The molecule has 0 fully saturated rings. The molecule has 0 radical (unpaired) electrons. The van der Waals surface area contributed by atoms with Crippen LogP contribution in [0.25, 0.3) is 66.8 Å². The number of rotatable bonds is 8. The first-order valence-corrected chi connectivity index (χ1v) is 23.9. The van der Waals surface area contributed by atoms with Gasteiger partial charge in [0, 0.05) is 0 Å². The van der Waals surface area contributed by atoms with Gasteiger partial charge in [0.05, 0.1) is 0 Å². The SMILES string of the molecule is CC(C)(C)c1ccc(-c2cc(-c3ccc(C(C)(C)C)cc3)cc(-c3cc(OS(=O)(=O)C(F)(F)F)cc(-c4cc(-c5ccc(C(C)(C)C)cc5)cc(-c5ccc(C(C)(C)C)cc5)c4)c3)c2)cc1. The molecule has 0 saturated carbocycles. The van der Waals surface area contributed by atoms with Crippen LogP contribution in [0.5, 0.6) is 5.75 Å². The topological polar surface area (TPSA) is 43.4 Å². The molecule has 0 aromatic heterocycles. The minimum atomic E-state index is -6.02. The summed E-state index contributed by atoms with van der Waals surface area (Å²) in [6.45, 7) is 26.0. The summed E-state index contributed by atoms with van der Waals surface area (Å²) < 4.78 is 72.5. The van der Waals surface area contributed by atoms with Crippen LogP contribution in [-0.4, -0.2) is 13.9 Å². The number of benzene rings is 7. The van der Waals surface area contributed by atoms with E-state index in [1.165, 1.54) is 34.4 Å². The van der Waals surface area contributed by atoms with Gasteiger partial charge in [0.1, 0.15) is 5.75 Å². The van der Waals surface area contributed by atoms with Crippen molar-refractivity contribution in [2.75, 3.05) is 0 Å². The molecule has 0 unspecified atom stereocenters.